The number of hydrogen-bond acceptors (Lipinski definition) is 5. The lowest BCUT2D eigenvalue weighted by molar-refractivity contribution is 0.0972. The number of fused-ring (bicyclic) bond motifs is 1. The fourth-order valence-corrected chi connectivity index (χ4v) is 3.66. The lowest BCUT2D eigenvalue weighted by Gasteiger charge is -2.29. The molecule has 0 unspecified atom stereocenters. The van der Waals surface area contributed by atoms with Gasteiger partial charge in [-0.05, 0) is 49.6 Å². The molecule has 4 rings (SSSR count). The van der Waals surface area contributed by atoms with Crippen LogP contribution in [0.3, 0.4) is 0 Å². The molecule has 0 spiro atoms. The first kappa shape index (κ1) is 20.7. The van der Waals surface area contributed by atoms with E-state index in [-0.39, 0.29) is 18.2 Å². The van der Waals surface area contributed by atoms with Gasteiger partial charge in [0.15, 0.2) is 0 Å². The Kier molecular flexibility index (Phi) is 5.77. The standard InChI is InChI=1S/C22H25N5O4/c1-14-13-27(21(29)23-2)19-4-3-16(11-18(14)19)31-17-5-8-24-20(12-17)25-22(30)26-9-6-15(28)7-10-26/h3-5,8,11-13,15,28H,6-7,9-10H2,1-2H3,(H,23,29)(H,24,25,30). The minimum absolute atomic E-state index is 0.204. The number of carbonyl (C=O) groups is 2. The van der Waals surface area contributed by atoms with Crippen LogP contribution in [0, 0.1) is 6.92 Å². The number of benzene rings is 1. The molecule has 9 heteroatoms. The van der Waals surface area contributed by atoms with Crippen molar-refractivity contribution in [1.82, 2.24) is 19.8 Å². The van der Waals surface area contributed by atoms with Gasteiger partial charge in [-0.15, -0.1) is 0 Å². The minimum atomic E-state index is -0.340. The summed E-state index contributed by atoms with van der Waals surface area (Å²) in [7, 11) is 1.59. The summed E-state index contributed by atoms with van der Waals surface area (Å²) in [6.45, 7) is 2.96. The molecule has 1 aliphatic rings. The highest BCUT2D eigenvalue weighted by molar-refractivity contribution is 5.94. The molecule has 0 atom stereocenters. The van der Waals surface area contributed by atoms with E-state index in [0.29, 0.717) is 43.2 Å². The van der Waals surface area contributed by atoms with Crippen LogP contribution in [-0.2, 0) is 0 Å². The third-order valence-electron chi connectivity index (χ3n) is 5.36. The van der Waals surface area contributed by atoms with E-state index in [2.05, 4.69) is 15.6 Å². The smallest absolute Gasteiger partial charge is 0.325 e. The predicted octanol–water partition coefficient (Wildman–Crippen LogP) is 3.31. The van der Waals surface area contributed by atoms with Gasteiger partial charge in [-0.2, -0.15) is 0 Å². The summed E-state index contributed by atoms with van der Waals surface area (Å²) < 4.78 is 7.54. The Morgan fingerprint density at radius 1 is 1.13 bits per heavy atom. The average molecular weight is 423 g/mol. The van der Waals surface area contributed by atoms with Gasteiger partial charge in [0.1, 0.15) is 17.3 Å². The molecule has 3 aromatic rings. The number of likely N-dealkylation sites (tertiary alicyclic amines) is 1. The second-order valence-electron chi connectivity index (χ2n) is 7.54. The van der Waals surface area contributed by atoms with Crippen molar-refractivity contribution >= 4 is 28.8 Å². The molecule has 0 radical (unpaired) electrons. The summed E-state index contributed by atoms with van der Waals surface area (Å²) in [4.78, 5) is 30.3. The molecular weight excluding hydrogens is 398 g/mol. The van der Waals surface area contributed by atoms with E-state index in [1.807, 2.05) is 19.1 Å². The first-order valence-corrected chi connectivity index (χ1v) is 10.2. The van der Waals surface area contributed by atoms with Gasteiger partial charge in [-0.3, -0.25) is 9.88 Å². The number of urea groups is 1. The Balaban J connectivity index is 1.48. The number of carbonyl (C=O) groups excluding carboxylic acids is 2. The highest BCUT2D eigenvalue weighted by atomic mass is 16.5. The molecule has 1 fully saturated rings. The second kappa shape index (κ2) is 8.65. The number of aryl methyl sites for hydroxylation is 1. The summed E-state index contributed by atoms with van der Waals surface area (Å²) >= 11 is 0. The fraction of sp³-hybridized carbons (Fsp3) is 0.318. The van der Waals surface area contributed by atoms with Crippen LogP contribution in [0.25, 0.3) is 10.9 Å². The summed E-state index contributed by atoms with van der Waals surface area (Å²) in [6.07, 6.45) is 4.17. The van der Waals surface area contributed by atoms with E-state index in [1.54, 1.807) is 47.1 Å². The van der Waals surface area contributed by atoms with Crippen LogP contribution in [0.1, 0.15) is 18.4 Å². The topological polar surface area (TPSA) is 109 Å². The molecule has 0 saturated carbocycles. The number of hydrogen-bond donors (Lipinski definition) is 3. The van der Waals surface area contributed by atoms with Crippen molar-refractivity contribution in [2.75, 3.05) is 25.5 Å². The predicted molar refractivity (Wildman–Crippen MR) is 117 cm³/mol. The SMILES string of the molecule is CNC(=O)n1cc(C)c2cc(Oc3ccnc(NC(=O)N4CCC(O)CC4)c3)ccc21. The monoisotopic (exact) mass is 423 g/mol. The Bertz CT molecular complexity index is 1120. The number of ether oxygens (including phenoxy) is 1. The van der Waals surface area contributed by atoms with Crippen molar-refractivity contribution in [3.05, 3.63) is 48.3 Å². The molecule has 162 valence electrons. The second-order valence-corrected chi connectivity index (χ2v) is 7.54. The molecule has 3 heterocycles. The van der Waals surface area contributed by atoms with Crippen molar-refractivity contribution < 1.29 is 19.4 Å². The quantitative estimate of drug-likeness (QED) is 0.599. The zero-order chi connectivity index (χ0) is 22.0. The van der Waals surface area contributed by atoms with Gasteiger partial charge in [0.25, 0.3) is 0 Å². The molecule has 0 aliphatic carbocycles. The molecule has 31 heavy (non-hydrogen) atoms. The fourth-order valence-electron chi connectivity index (χ4n) is 3.66. The van der Waals surface area contributed by atoms with Gasteiger partial charge in [0.05, 0.1) is 11.6 Å². The molecular formula is C22H25N5O4. The number of aliphatic hydroxyl groups is 1. The summed E-state index contributed by atoms with van der Waals surface area (Å²) in [6, 6.07) is 8.42. The number of amides is 3. The van der Waals surface area contributed by atoms with Crippen LogP contribution in [0.15, 0.2) is 42.7 Å². The van der Waals surface area contributed by atoms with Gasteiger partial charge in [0, 0.05) is 44.0 Å². The Hall–Kier alpha value is -3.59. The van der Waals surface area contributed by atoms with Crippen LogP contribution in [0.4, 0.5) is 15.4 Å². The maximum atomic E-state index is 12.4. The summed E-state index contributed by atoms with van der Waals surface area (Å²) in [5, 5.41) is 15.9. The third kappa shape index (κ3) is 4.46. The number of pyridine rings is 1. The van der Waals surface area contributed by atoms with E-state index in [0.717, 1.165) is 16.5 Å². The highest BCUT2D eigenvalue weighted by Gasteiger charge is 2.21. The van der Waals surface area contributed by atoms with Crippen LogP contribution in [0.5, 0.6) is 11.5 Å². The van der Waals surface area contributed by atoms with E-state index >= 15 is 0 Å². The molecule has 0 bridgehead atoms. The van der Waals surface area contributed by atoms with E-state index in [4.69, 9.17) is 4.74 Å². The number of piperidine rings is 1. The first-order chi connectivity index (χ1) is 14.9. The molecule has 1 saturated heterocycles. The molecule has 9 nitrogen and oxygen atoms in total. The lowest BCUT2D eigenvalue weighted by atomic mass is 10.1. The molecule has 2 aromatic heterocycles. The van der Waals surface area contributed by atoms with Crippen molar-refractivity contribution in [3.8, 4) is 11.5 Å². The minimum Gasteiger partial charge on any atom is -0.457 e. The van der Waals surface area contributed by atoms with Gasteiger partial charge in [-0.1, -0.05) is 0 Å². The number of nitrogens with one attached hydrogen (secondary N) is 2. The van der Waals surface area contributed by atoms with Crippen molar-refractivity contribution in [2.24, 2.45) is 0 Å². The number of aliphatic hydroxyl groups excluding tert-OH is 1. The maximum absolute atomic E-state index is 12.4. The maximum Gasteiger partial charge on any atom is 0.325 e. The van der Waals surface area contributed by atoms with Crippen molar-refractivity contribution in [2.45, 2.75) is 25.9 Å². The van der Waals surface area contributed by atoms with Crippen LogP contribution >= 0.6 is 0 Å². The van der Waals surface area contributed by atoms with Gasteiger partial charge in [0.2, 0.25) is 0 Å². The Morgan fingerprint density at radius 2 is 1.87 bits per heavy atom. The average Bonchev–Trinajstić information content (AvgIpc) is 3.10. The van der Waals surface area contributed by atoms with Crippen molar-refractivity contribution in [3.63, 3.8) is 0 Å². The van der Waals surface area contributed by atoms with E-state index < -0.39 is 0 Å². The zero-order valence-electron chi connectivity index (χ0n) is 17.5. The normalized spacial score (nSPS) is 14.5. The van der Waals surface area contributed by atoms with E-state index in [9.17, 15) is 14.7 Å². The first-order valence-electron chi connectivity index (χ1n) is 10.2. The summed E-state index contributed by atoms with van der Waals surface area (Å²) in [5.74, 6) is 1.53. The Labute approximate surface area is 179 Å². The third-order valence-corrected chi connectivity index (χ3v) is 5.36. The number of anilines is 1. The molecule has 1 aromatic carbocycles. The van der Waals surface area contributed by atoms with Gasteiger partial charge < -0.3 is 20.1 Å². The zero-order valence-corrected chi connectivity index (χ0v) is 17.5. The Morgan fingerprint density at radius 3 is 2.61 bits per heavy atom. The number of aromatic nitrogens is 2. The van der Waals surface area contributed by atoms with Crippen molar-refractivity contribution in [1.29, 1.82) is 0 Å². The lowest BCUT2D eigenvalue weighted by Crippen LogP contribution is -2.42. The van der Waals surface area contributed by atoms with E-state index in [1.165, 1.54) is 0 Å². The largest absolute Gasteiger partial charge is 0.457 e. The highest BCUT2D eigenvalue weighted by Crippen LogP contribution is 2.29. The molecule has 3 N–H and O–H groups in total. The number of nitrogens with zero attached hydrogens (tertiary/aromatic N) is 3. The number of rotatable bonds is 3. The summed E-state index contributed by atoms with van der Waals surface area (Å²) in [5.41, 5.74) is 1.75. The van der Waals surface area contributed by atoms with Crippen LogP contribution in [-0.4, -0.2) is 57.9 Å². The van der Waals surface area contributed by atoms with Gasteiger partial charge >= 0.3 is 12.1 Å². The molecule has 3 amide bonds. The van der Waals surface area contributed by atoms with Gasteiger partial charge in [-0.25, -0.2) is 14.6 Å². The molecule has 1 aliphatic heterocycles. The van der Waals surface area contributed by atoms with Crippen LogP contribution in [0.2, 0.25) is 0 Å². The van der Waals surface area contributed by atoms with Crippen LogP contribution < -0.4 is 15.4 Å².